The van der Waals surface area contributed by atoms with Gasteiger partial charge >= 0.3 is 6.01 Å². The lowest BCUT2D eigenvalue weighted by Crippen LogP contribution is -2.10. The van der Waals surface area contributed by atoms with E-state index in [-0.39, 0.29) is 11.8 Å². The summed E-state index contributed by atoms with van der Waals surface area (Å²) in [6.07, 6.45) is 0.704. The first-order chi connectivity index (χ1) is 14.1. The minimum atomic E-state index is -0.246. The monoisotopic (exact) mass is 393 g/mol. The van der Waals surface area contributed by atoms with Crippen molar-refractivity contribution >= 4 is 16.9 Å². The molecule has 148 valence electrons. The molecule has 0 fully saturated rings. The molecule has 0 aliphatic heterocycles. The normalized spacial score (nSPS) is 10.9. The smallest absolute Gasteiger partial charge is 0.321 e. The van der Waals surface area contributed by atoms with Crippen molar-refractivity contribution in [2.75, 3.05) is 26.1 Å². The van der Waals surface area contributed by atoms with Crippen LogP contribution in [0.4, 0.5) is 10.3 Å². The second-order valence-electron chi connectivity index (χ2n) is 6.41. The molecule has 0 saturated carbocycles. The number of fused-ring (bicyclic) bond motifs is 1. The fourth-order valence-electron chi connectivity index (χ4n) is 2.98. The number of hydrogen-bond acceptors (Lipinski definition) is 6. The zero-order valence-electron chi connectivity index (χ0n) is 16.1. The molecule has 8 heteroatoms. The Morgan fingerprint density at radius 2 is 1.79 bits per heavy atom. The van der Waals surface area contributed by atoms with Crippen molar-refractivity contribution < 1.29 is 13.9 Å². The van der Waals surface area contributed by atoms with Crippen molar-refractivity contribution in [3.63, 3.8) is 0 Å². The summed E-state index contributed by atoms with van der Waals surface area (Å²) in [7, 11) is 3.15. The highest BCUT2D eigenvalue weighted by atomic mass is 19.1. The maximum Gasteiger partial charge on any atom is 0.321 e. The predicted octanol–water partition coefficient (Wildman–Crippen LogP) is 3.83. The lowest BCUT2D eigenvalue weighted by Gasteiger charge is -2.08. The number of H-pyrrole nitrogens is 1. The fraction of sp³-hybridized carbons (Fsp3) is 0.190. The molecule has 0 aliphatic rings. The molecule has 4 rings (SSSR count). The highest BCUT2D eigenvalue weighted by Crippen LogP contribution is 2.26. The Balaban J connectivity index is 1.55. The molecule has 29 heavy (non-hydrogen) atoms. The molecule has 2 aromatic heterocycles. The van der Waals surface area contributed by atoms with Crippen LogP contribution in [0.3, 0.4) is 0 Å². The van der Waals surface area contributed by atoms with Crippen molar-refractivity contribution in [2.24, 2.45) is 0 Å². The maximum absolute atomic E-state index is 13.0. The van der Waals surface area contributed by atoms with E-state index in [2.05, 4.69) is 25.3 Å². The van der Waals surface area contributed by atoms with Crippen molar-refractivity contribution in [1.29, 1.82) is 0 Å². The third-order valence-electron chi connectivity index (χ3n) is 4.48. The number of hydrogen-bond donors (Lipinski definition) is 2. The summed E-state index contributed by atoms with van der Waals surface area (Å²) in [5, 5.41) is 4.17. The molecule has 4 aromatic rings. The predicted molar refractivity (Wildman–Crippen MR) is 109 cm³/mol. The highest BCUT2D eigenvalue weighted by molar-refractivity contribution is 5.86. The summed E-state index contributed by atoms with van der Waals surface area (Å²) in [4.78, 5) is 16.4. The molecule has 0 saturated heterocycles. The summed E-state index contributed by atoms with van der Waals surface area (Å²) >= 11 is 0. The summed E-state index contributed by atoms with van der Waals surface area (Å²) < 4.78 is 23.5. The van der Waals surface area contributed by atoms with Crippen LogP contribution in [0.5, 0.6) is 11.8 Å². The Morgan fingerprint density at radius 1 is 0.966 bits per heavy atom. The van der Waals surface area contributed by atoms with Gasteiger partial charge in [0.15, 0.2) is 5.82 Å². The van der Waals surface area contributed by atoms with Gasteiger partial charge in [0.1, 0.15) is 11.6 Å². The number of nitrogens with one attached hydrogen (secondary N) is 2. The molecule has 0 aliphatic carbocycles. The van der Waals surface area contributed by atoms with E-state index in [0.717, 1.165) is 27.9 Å². The molecule has 0 amide bonds. The van der Waals surface area contributed by atoms with Gasteiger partial charge in [0.2, 0.25) is 5.95 Å². The van der Waals surface area contributed by atoms with Crippen LogP contribution < -0.4 is 14.8 Å². The number of halogens is 1. The van der Waals surface area contributed by atoms with Crippen LogP contribution in [-0.4, -0.2) is 40.7 Å². The quantitative estimate of drug-likeness (QED) is 0.496. The largest absolute Gasteiger partial charge is 0.497 e. The van der Waals surface area contributed by atoms with Crippen LogP contribution in [0.2, 0.25) is 0 Å². The number of anilines is 1. The first-order valence-corrected chi connectivity index (χ1v) is 9.10. The molecular formula is C21H20FN5O2. The minimum absolute atomic E-state index is 0.218. The van der Waals surface area contributed by atoms with Gasteiger partial charge in [-0.2, -0.15) is 15.0 Å². The fourth-order valence-corrected chi connectivity index (χ4v) is 2.98. The van der Waals surface area contributed by atoms with Gasteiger partial charge in [-0.25, -0.2) is 4.39 Å². The standard InChI is InChI=1S/C21H20FN5O2/c1-28-16-7-8-17-14(11-16)12-18(24-17)19-25-20(27-21(26-19)29-2)23-10-9-13-3-5-15(22)6-4-13/h3-8,11-12,24H,9-10H2,1-2H3,(H,23,25,26,27). The Labute approximate surface area is 166 Å². The van der Waals surface area contributed by atoms with E-state index in [1.807, 2.05) is 24.3 Å². The first kappa shape index (κ1) is 18.7. The number of ether oxygens (including phenoxy) is 2. The topological polar surface area (TPSA) is 85.0 Å². The van der Waals surface area contributed by atoms with Crippen molar-refractivity contribution in [2.45, 2.75) is 6.42 Å². The average molecular weight is 393 g/mol. The molecule has 0 unspecified atom stereocenters. The highest BCUT2D eigenvalue weighted by Gasteiger charge is 2.12. The third kappa shape index (κ3) is 4.26. The van der Waals surface area contributed by atoms with Gasteiger partial charge in [-0.3, -0.25) is 0 Å². The molecule has 0 radical (unpaired) electrons. The van der Waals surface area contributed by atoms with Gasteiger partial charge in [0.05, 0.1) is 19.9 Å². The maximum atomic E-state index is 13.0. The van der Waals surface area contributed by atoms with Crippen LogP contribution in [0.25, 0.3) is 22.4 Å². The summed E-state index contributed by atoms with van der Waals surface area (Å²) in [5.41, 5.74) is 2.71. The number of nitrogens with zero attached hydrogens (tertiary/aromatic N) is 3. The van der Waals surface area contributed by atoms with E-state index in [4.69, 9.17) is 9.47 Å². The van der Waals surface area contributed by atoms with Gasteiger partial charge in [-0.05, 0) is 48.4 Å². The zero-order chi connectivity index (χ0) is 20.2. The summed E-state index contributed by atoms with van der Waals surface area (Å²) in [6.45, 7) is 0.585. The lowest BCUT2D eigenvalue weighted by atomic mass is 10.1. The van der Waals surface area contributed by atoms with Crippen LogP contribution in [0.15, 0.2) is 48.5 Å². The molecule has 2 heterocycles. The van der Waals surface area contributed by atoms with Gasteiger partial charge in [0.25, 0.3) is 0 Å². The number of methoxy groups -OCH3 is 2. The number of rotatable bonds is 7. The van der Waals surface area contributed by atoms with Crippen LogP contribution in [-0.2, 0) is 6.42 Å². The van der Waals surface area contributed by atoms with Crippen molar-refractivity contribution in [3.05, 3.63) is 59.9 Å². The number of benzene rings is 2. The minimum Gasteiger partial charge on any atom is -0.497 e. The molecule has 2 N–H and O–H groups in total. The molecule has 7 nitrogen and oxygen atoms in total. The molecule has 0 spiro atoms. The van der Waals surface area contributed by atoms with E-state index in [1.165, 1.54) is 19.2 Å². The molecule has 2 aromatic carbocycles. The van der Waals surface area contributed by atoms with Gasteiger partial charge in [-0.15, -0.1) is 0 Å². The van der Waals surface area contributed by atoms with Gasteiger partial charge < -0.3 is 19.8 Å². The van der Waals surface area contributed by atoms with Crippen LogP contribution in [0, 0.1) is 5.82 Å². The Kier molecular flexibility index (Phi) is 5.24. The van der Waals surface area contributed by atoms with Crippen LogP contribution >= 0.6 is 0 Å². The van der Waals surface area contributed by atoms with Crippen LogP contribution in [0.1, 0.15) is 5.56 Å². The van der Waals surface area contributed by atoms with Crippen molar-refractivity contribution in [3.8, 4) is 23.3 Å². The SMILES string of the molecule is COc1ccc2[nH]c(-c3nc(NCCc4ccc(F)cc4)nc(OC)n3)cc2c1. The van der Waals surface area contributed by atoms with Gasteiger partial charge in [0, 0.05) is 17.4 Å². The first-order valence-electron chi connectivity index (χ1n) is 9.10. The van der Waals surface area contributed by atoms with E-state index >= 15 is 0 Å². The average Bonchev–Trinajstić information content (AvgIpc) is 3.18. The molecule has 0 atom stereocenters. The Bertz CT molecular complexity index is 1130. The molecule has 0 bridgehead atoms. The van der Waals surface area contributed by atoms with Crippen molar-refractivity contribution in [1.82, 2.24) is 19.9 Å². The Hall–Kier alpha value is -3.68. The second-order valence-corrected chi connectivity index (χ2v) is 6.41. The number of aromatic amines is 1. The molecular weight excluding hydrogens is 373 g/mol. The van der Waals surface area contributed by atoms with E-state index < -0.39 is 0 Å². The summed E-state index contributed by atoms with van der Waals surface area (Å²) in [5.74, 6) is 1.41. The van der Waals surface area contributed by atoms with E-state index in [9.17, 15) is 4.39 Å². The van der Waals surface area contributed by atoms with E-state index in [0.29, 0.717) is 24.7 Å². The second kappa shape index (κ2) is 8.14. The zero-order valence-corrected chi connectivity index (χ0v) is 16.1. The third-order valence-corrected chi connectivity index (χ3v) is 4.48. The number of aromatic nitrogens is 4. The lowest BCUT2D eigenvalue weighted by molar-refractivity contribution is 0.379. The van der Waals surface area contributed by atoms with E-state index in [1.54, 1.807) is 19.2 Å². The summed E-state index contributed by atoms with van der Waals surface area (Å²) in [6, 6.07) is 14.4. The Morgan fingerprint density at radius 3 is 2.55 bits per heavy atom. The van der Waals surface area contributed by atoms with Gasteiger partial charge in [-0.1, -0.05) is 12.1 Å².